The number of hydrogen-bond acceptors (Lipinski definition) is 3. The topological polar surface area (TPSA) is 38.7 Å². The summed E-state index contributed by atoms with van der Waals surface area (Å²) in [5.74, 6) is 0. The van der Waals surface area contributed by atoms with Crippen molar-refractivity contribution >= 4 is 0 Å². The van der Waals surface area contributed by atoms with E-state index in [0.29, 0.717) is 12.7 Å². The predicted molar refractivity (Wildman–Crippen MR) is 62.0 cm³/mol. The van der Waals surface area contributed by atoms with Crippen LogP contribution in [-0.2, 0) is 9.47 Å². The molecule has 0 aromatic carbocycles. The SMILES string of the molecule is CCCCC(C)OC(C)COC(C)CO. The number of hydrogen-bond donors (Lipinski definition) is 1. The molecule has 0 radical (unpaired) electrons. The highest BCUT2D eigenvalue weighted by Gasteiger charge is 2.10. The maximum absolute atomic E-state index is 8.78. The highest BCUT2D eigenvalue weighted by atomic mass is 16.5. The van der Waals surface area contributed by atoms with Gasteiger partial charge in [-0.15, -0.1) is 0 Å². The van der Waals surface area contributed by atoms with E-state index in [9.17, 15) is 0 Å². The minimum absolute atomic E-state index is 0.0676. The summed E-state index contributed by atoms with van der Waals surface area (Å²) in [4.78, 5) is 0. The van der Waals surface area contributed by atoms with Gasteiger partial charge in [0.2, 0.25) is 0 Å². The summed E-state index contributed by atoms with van der Waals surface area (Å²) in [6.07, 6.45) is 3.83. The van der Waals surface area contributed by atoms with E-state index in [4.69, 9.17) is 14.6 Å². The van der Waals surface area contributed by atoms with Crippen LogP contribution >= 0.6 is 0 Å². The molecule has 0 aromatic heterocycles. The zero-order valence-electron chi connectivity index (χ0n) is 10.5. The summed E-state index contributed by atoms with van der Waals surface area (Å²) in [6, 6.07) is 0. The minimum Gasteiger partial charge on any atom is -0.394 e. The number of aliphatic hydroxyl groups is 1. The van der Waals surface area contributed by atoms with Crippen molar-refractivity contribution < 1.29 is 14.6 Å². The first kappa shape index (κ1) is 14.9. The van der Waals surface area contributed by atoms with Crippen molar-refractivity contribution in [3.8, 4) is 0 Å². The molecule has 0 rings (SSSR count). The smallest absolute Gasteiger partial charge is 0.0784 e. The van der Waals surface area contributed by atoms with Gasteiger partial charge in [0.25, 0.3) is 0 Å². The van der Waals surface area contributed by atoms with Crippen LogP contribution in [0, 0.1) is 0 Å². The fourth-order valence-electron chi connectivity index (χ4n) is 1.35. The monoisotopic (exact) mass is 218 g/mol. The second-order valence-electron chi connectivity index (χ2n) is 4.23. The van der Waals surface area contributed by atoms with E-state index in [-0.39, 0.29) is 18.8 Å². The Morgan fingerprint density at radius 3 is 2.27 bits per heavy atom. The standard InChI is InChI=1S/C12H26O3/c1-5-6-7-10(2)15-12(4)9-14-11(3)8-13/h10-13H,5-9H2,1-4H3. The molecule has 0 aliphatic heterocycles. The summed E-state index contributed by atoms with van der Waals surface area (Å²) in [5.41, 5.74) is 0. The van der Waals surface area contributed by atoms with E-state index in [1.165, 1.54) is 12.8 Å². The first-order valence-electron chi connectivity index (χ1n) is 5.98. The molecule has 15 heavy (non-hydrogen) atoms. The van der Waals surface area contributed by atoms with Crippen molar-refractivity contribution in [2.24, 2.45) is 0 Å². The van der Waals surface area contributed by atoms with E-state index in [1.54, 1.807) is 0 Å². The average Bonchev–Trinajstić information content (AvgIpc) is 2.22. The second kappa shape index (κ2) is 9.13. The number of unbranched alkanes of at least 4 members (excludes halogenated alkanes) is 1. The van der Waals surface area contributed by atoms with Crippen molar-refractivity contribution in [1.29, 1.82) is 0 Å². The van der Waals surface area contributed by atoms with E-state index in [2.05, 4.69) is 13.8 Å². The Bertz CT molecular complexity index is 139. The second-order valence-corrected chi connectivity index (χ2v) is 4.23. The summed E-state index contributed by atoms with van der Waals surface area (Å²) in [5, 5.41) is 8.78. The summed E-state index contributed by atoms with van der Waals surface area (Å²) in [7, 11) is 0. The van der Waals surface area contributed by atoms with Crippen molar-refractivity contribution in [2.45, 2.75) is 65.3 Å². The maximum atomic E-state index is 8.78. The maximum Gasteiger partial charge on any atom is 0.0784 e. The Balaban J connectivity index is 3.50. The average molecular weight is 218 g/mol. The van der Waals surface area contributed by atoms with Crippen LogP contribution in [0.25, 0.3) is 0 Å². The molecule has 3 nitrogen and oxygen atoms in total. The summed E-state index contributed by atoms with van der Waals surface area (Å²) >= 11 is 0. The zero-order valence-corrected chi connectivity index (χ0v) is 10.5. The fraction of sp³-hybridized carbons (Fsp3) is 1.00. The molecule has 0 aliphatic rings. The Morgan fingerprint density at radius 2 is 1.73 bits per heavy atom. The molecule has 0 saturated carbocycles. The Labute approximate surface area is 93.8 Å². The molecule has 0 spiro atoms. The lowest BCUT2D eigenvalue weighted by Gasteiger charge is -2.20. The molecule has 0 amide bonds. The van der Waals surface area contributed by atoms with Gasteiger partial charge in [0.1, 0.15) is 0 Å². The minimum atomic E-state index is -0.0954. The third-order valence-corrected chi connectivity index (χ3v) is 2.30. The van der Waals surface area contributed by atoms with Gasteiger partial charge < -0.3 is 14.6 Å². The molecule has 3 unspecified atom stereocenters. The third kappa shape index (κ3) is 8.85. The van der Waals surface area contributed by atoms with Gasteiger partial charge in [-0.25, -0.2) is 0 Å². The van der Waals surface area contributed by atoms with Crippen molar-refractivity contribution in [3.63, 3.8) is 0 Å². The molecule has 0 bridgehead atoms. The first-order chi connectivity index (χ1) is 7.10. The molecule has 3 heteroatoms. The van der Waals surface area contributed by atoms with Gasteiger partial charge in [0.05, 0.1) is 31.5 Å². The highest BCUT2D eigenvalue weighted by molar-refractivity contribution is 4.56. The van der Waals surface area contributed by atoms with Gasteiger partial charge in [0.15, 0.2) is 0 Å². The van der Waals surface area contributed by atoms with E-state index >= 15 is 0 Å². The van der Waals surface area contributed by atoms with Crippen LogP contribution in [0.1, 0.15) is 47.0 Å². The third-order valence-electron chi connectivity index (χ3n) is 2.30. The van der Waals surface area contributed by atoms with Crippen LogP contribution in [0.4, 0.5) is 0 Å². The van der Waals surface area contributed by atoms with Crippen LogP contribution in [0.3, 0.4) is 0 Å². The van der Waals surface area contributed by atoms with Crippen LogP contribution in [0.15, 0.2) is 0 Å². The Morgan fingerprint density at radius 1 is 1.07 bits per heavy atom. The molecule has 0 heterocycles. The van der Waals surface area contributed by atoms with Crippen LogP contribution in [0.2, 0.25) is 0 Å². The highest BCUT2D eigenvalue weighted by Crippen LogP contribution is 2.07. The first-order valence-corrected chi connectivity index (χ1v) is 5.98. The van der Waals surface area contributed by atoms with Gasteiger partial charge in [-0.05, 0) is 27.2 Å². The van der Waals surface area contributed by atoms with E-state index in [1.807, 2.05) is 13.8 Å². The van der Waals surface area contributed by atoms with Gasteiger partial charge >= 0.3 is 0 Å². The largest absolute Gasteiger partial charge is 0.394 e. The fourth-order valence-corrected chi connectivity index (χ4v) is 1.35. The summed E-state index contributed by atoms with van der Waals surface area (Å²) in [6.45, 7) is 8.76. The normalized spacial score (nSPS) is 17.4. The van der Waals surface area contributed by atoms with E-state index < -0.39 is 0 Å². The predicted octanol–water partition coefficient (Wildman–Crippen LogP) is 2.37. The number of ether oxygens (including phenoxy) is 2. The molecule has 0 aliphatic carbocycles. The van der Waals surface area contributed by atoms with Gasteiger partial charge in [-0.2, -0.15) is 0 Å². The molecule has 0 saturated heterocycles. The lowest BCUT2D eigenvalue weighted by atomic mass is 10.2. The molecule has 3 atom stereocenters. The van der Waals surface area contributed by atoms with Crippen LogP contribution in [-0.4, -0.2) is 36.6 Å². The number of rotatable bonds is 9. The lowest BCUT2D eigenvalue weighted by molar-refractivity contribution is -0.0696. The number of aliphatic hydroxyl groups excluding tert-OH is 1. The van der Waals surface area contributed by atoms with Gasteiger partial charge in [0, 0.05) is 0 Å². The molecule has 92 valence electrons. The molecular weight excluding hydrogens is 192 g/mol. The Kier molecular flexibility index (Phi) is 9.06. The molecule has 1 N–H and O–H groups in total. The van der Waals surface area contributed by atoms with Gasteiger partial charge in [-0.3, -0.25) is 0 Å². The molecule has 0 aromatic rings. The summed E-state index contributed by atoms with van der Waals surface area (Å²) < 4.78 is 11.1. The molecule has 0 fully saturated rings. The van der Waals surface area contributed by atoms with Crippen molar-refractivity contribution in [3.05, 3.63) is 0 Å². The molecular formula is C12H26O3. The van der Waals surface area contributed by atoms with Crippen LogP contribution in [0.5, 0.6) is 0 Å². The van der Waals surface area contributed by atoms with Gasteiger partial charge in [-0.1, -0.05) is 19.8 Å². The lowest BCUT2D eigenvalue weighted by Crippen LogP contribution is -2.25. The van der Waals surface area contributed by atoms with Crippen molar-refractivity contribution in [1.82, 2.24) is 0 Å². The van der Waals surface area contributed by atoms with E-state index in [0.717, 1.165) is 6.42 Å². The zero-order chi connectivity index (χ0) is 11.7. The van der Waals surface area contributed by atoms with Crippen molar-refractivity contribution in [2.75, 3.05) is 13.2 Å². The quantitative estimate of drug-likeness (QED) is 0.645. The van der Waals surface area contributed by atoms with Crippen LogP contribution < -0.4 is 0 Å². The Hall–Kier alpha value is -0.120.